The number of carbonyl (C=O) groups excluding carboxylic acids is 4. The normalized spacial score (nSPS) is 16.2. The summed E-state index contributed by atoms with van der Waals surface area (Å²) in [6.07, 6.45) is 0.241. The highest BCUT2D eigenvalue weighted by Crippen LogP contribution is 2.23. The summed E-state index contributed by atoms with van der Waals surface area (Å²) in [6, 6.07) is 0. The van der Waals surface area contributed by atoms with E-state index >= 15 is 0 Å². The van der Waals surface area contributed by atoms with Crippen molar-refractivity contribution in [3.63, 3.8) is 0 Å². The average Bonchev–Trinajstić information content (AvgIpc) is 2.70. The zero-order chi connectivity index (χ0) is 27.0. The molecule has 13 heteroatoms. The van der Waals surface area contributed by atoms with Crippen molar-refractivity contribution in [3.8, 4) is 0 Å². The van der Waals surface area contributed by atoms with Gasteiger partial charge in [0.2, 0.25) is 0 Å². The van der Waals surface area contributed by atoms with Gasteiger partial charge < -0.3 is 23.7 Å². The second kappa shape index (κ2) is 18.5. The van der Waals surface area contributed by atoms with E-state index in [1.165, 1.54) is 0 Å². The lowest BCUT2D eigenvalue weighted by Crippen LogP contribution is -2.44. The maximum Gasteiger partial charge on any atom is 0.308 e. The standard InChI is InChI=1S/C22H38O9S4/c1-14(32)5-18(23)28-10-22(11-29-19(24)6-15(2)33,12-30-20(25)7-16(3)34)9-27-13-31-21(26)8-17(4)35/h14-17,32-35H,5-13H2,1-4H3. The Balaban J connectivity index is 5.48. The molecule has 0 aliphatic carbocycles. The summed E-state index contributed by atoms with van der Waals surface area (Å²) >= 11 is 16.7. The van der Waals surface area contributed by atoms with E-state index in [1.54, 1.807) is 27.7 Å². The minimum Gasteiger partial charge on any atom is -0.465 e. The molecule has 0 bridgehead atoms. The van der Waals surface area contributed by atoms with Gasteiger partial charge in [0.1, 0.15) is 19.8 Å². The van der Waals surface area contributed by atoms with E-state index in [4.69, 9.17) is 23.7 Å². The molecule has 35 heavy (non-hydrogen) atoms. The second-order valence-electron chi connectivity index (χ2n) is 8.68. The van der Waals surface area contributed by atoms with Gasteiger partial charge in [0.15, 0.2) is 6.79 Å². The maximum absolute atomic E-state index is 12.2. The molecule has 0 fully saturated rings. The number of thiol groups is 4. The van der Waals surface area contributed by atoms with Crippen LogP contribution in [0.5, 0.6) is 0 Å². The molecule has 0 rings (SSSR count). The first-order valence-corrected chi connectivity index (χ1v) is 13.2. The van der Waals surface area contributed by atoms with E-state index < -0.39 is 36.1 Å². The largest absolute Gasteiger partial charge is 0.465 e. The van der Waals surface area contributed by atoms with Crippen LogP contribution in [0.3, 0.4) is 0 Å². The zero-order valence-corrected chi connectivity index (χ0v) is 24.2. The Hall–Kier alpha value is -0.760. The van der Waals surface area contributed by atoms with E-state index in [1.807, 2.05) is 0 Å². The fourth-order valence-corrected chi connectivity index (χ4v) is 3.11. The van der Waals surface area contributed by atoms with Crippen LogP contribution >= 0.6 is 50.5 Å². The van der Waals surface area contributed by atoms with Gasteiger partial charge in [0, 0.05) is 21.0 Å². The van der Waals surface area contributed by atoms with E-state index in [-0.39, 0.29) is 73.1 Å². The lowest BCUT2D eigenvalue weighted by molar-refractivity contribution is -0.175. The molecule has 0 amide bonds. The van der Waals surface area contributed by atoms with Crippen LogP contribution in [0.25, 0.3) is 0 Å². The molecule has 9 nitrogen and oxygen atoms in total. The molecule has 0 saturated carbocycles. The van der Waals surface area contributed by atoms with Crippen molar-refractivity contribution < 1.29 is 42.9 Å². The molecule has 204 valence electrons. The minimum absolute atomic E-state index is 0.0491. The molecule has 0 aromatic heterocycles. The number of hydrogen-bond donors (Lipinski definition) is 4. The first kappa shape index (κ1) is 34.2. The highest BCUT2D eigenvalue weighted by molar-refractivity contribution is 7.81. The van der Waals surface area contributed by atoms with Gasteiger partial charge in [-0.3, -0.25) is 19.2 Å². The number of rotatable bonds is 18. The summed E-state index contributed by atoms with van der Waals surface area (Å²) in [6.45, 7) is 5.53. The third-order valence-electron chi connectivity index (χ3n) is 4.18. The number of ether oxygens (including phenoxy) is 5. The first-order chi connectivity index (χ1) is 16.2. The summed E-state index contributed by atoms with van der Waals surface area (Å²) in [7, 11) is 0. The van der Waals surface area contributed by atoms with Crippen LogP contribution in [0.1, 0.15) is 53.4 Å². The Kier molecular flexibility index (Phi) is 18.1. The minimum atomic E-state index is -1.25. The average molecular weight is 575 g/mol. The van der Waals surface area contributed by atoms with Gasteiger partial charge in [-0.2, -0.15) is 50.5 Å². The highest BCUT2D eigenvalue weighted by atomic mass is 32.1. The summed E-state index contributed by atoms with van der Waals surface area (Å²) in [5, 5.41) is -0.874. The quantitative estimate of drug-likeness (QED) is 0.0645. The first-order valence-electron chi connectivity index (χ1n) is 11.2. The lowest BCUT2D eigenvalue weighted by Gasteiger charge is -2.32. The monoisotopic (exact) mass is 574 g/mol. The summed E-state index contributed by atoms with van der Waals surface area (Å²) in [4.78, 5) is 48.2. The SMILES string of the molecule is CC(S)CC(=O)OCOCC(COC(=O)CC(C)S)(COC(=O)CC(C)S)COC(=O)CC(C)S. The molecule has 0 aromatic carbocycles. The van der Waals surface area contributed by atoms with Gasteiger partial charge in [0.25, 0.3) is 0 Å². The van der Waals surface area contributed by atoms with Crippen molar-refractivity contribution in [2.24, 2.45) is 5.41 Å². The fourth-order valence-electron chi connectivity index (χ4n) is 2.52. The maximum atomic E-state index is 12.2. The van der Waals surface area contributed by atoms with Crippen molar-refractivity contribution in [3.05, 3.63) is 0 Å². The van der Waals surface area contributed by atoms with Crippen molar-refractivity contribution in [2.75, 3.05) is 33.2 Å². The summed E-state index contributed by atoms with van der Waals surface area (Å²) in [5.74, 6) is -2.10. The molecule has 4 unspecified atom stereocenters. The molecule has 0 radical (unpaired) electrons. The van der Waals surface area contributed by atoms with Gasteiger partial charge in [-0.05, 0) is 0 Å². The molecule has 0 heterocycles. The van der Waals surface area contributed by atoms with E-state index in [0.717, 1.165) is 0 Å². The smallest absolute Gasteiger partial charge is 0.308 e. The molecular formula is C22H38O9S4. The molecule has 0 saturated heterocycles. The van der Waals surface area contributed by atoms with E-state index in [9.17, 15) is 19.2 Å². The van der Waals surface area contributed by atoms with Crippen LogP contribution in [0.2, 0.25) is 0 Å². The second-order valence-corrected chi connectivity index (χ2v) is 12.2. The Bertz CT molecular complexity index is 605. The fraction of sp³-hybridized carbons (Fsp3) is 0.818. The Morgan fingerprint density at radius 2 is 0.829 bits per heavy atom. The lowest BCUT2D eigenvalue weighted by atomic mass is 9.92. The third-order valence-corrected chi connectivity index (χ3v) is 4.91. The van der Waals surface area contributed by atoms with Gasteiger partial charge in [-0.25, -0.2) is 0 Å². The van der Waals surface area contributed by atoms with Gasteiger partial charge in [-0.15, -0.1) is 0 Å². The number of esters is 4. The van der Waals surface area contributed by atoms with Gasteiger partial charge >= 0.3 is 23.9 Å². The predicted molar refractivity (Wildman–Crippen MR) is 144 cm³/mol. The molecule has 0 spiro atoms. The highest BCUT2D eigenvalue weighted by Gasteiger charge is 2.37. The Morgan fingerprint density at radius 3 is 1.11 bits per heavy atom. The summed E-state index contributed by atoms with van der Waals surface area (Å²) < 4.78 is 26.7. The Morgan fingerprint density at radius 1 is 0.543 bits per heavy atom. The van der Waals surface area contributed by atoms with Crippen LogP contribution < -0.4 is 0 Å². The number of carbonyl (C=O) groups is 4. The van der Waals surface area contributed by atoms with Gasteiger partial charge in [-0.1, -0.05) is 27.7 Å². The Labute approximate surface area is 229 Å². The molecule has 0 aromatic rings. The van der Waals surface area contributed by atoms with Crippen molar-refractivity contribution in [2.45, 2.75) is 74.4 Å². The van der Waals surface area contributed by atoms with E-state index in [2.05, 4.69) is 50.5 Å². The van der Waals surface area contributed by atoms with Crippen molar-refractivity contribution in [1.29, 1.82) is 0 Å². The van der Waals surface area contributed by atoms with Gasteiger partial charge in [0.05, 0.1) is 37.7 Å². The molecule has 4 atom stereocenters. The van der Waals surface area contributed by atoms with Crippen molar-refractivity contribution in [1.82, 2.24) is 0 Å². The molecule has 0 aliphatic rings. The number of hydrogen-bond acceptors (Lipinski definition) is 13. The van der Waals surface area contributed by atoms with Crippen LogP contribution in [0, 0.1) is 5.41 Å². The topological polar surface area (TPSA) is 114 Å². The predicted octanol–water partition coefficient (Wildman–Crippen LogP) is 2.95. The molecule has 0 aliphatic heterocycles. The van der Waals surface area contributed by atoms with E-state index in [0.29, 0.717) is 0 Å². The van der Waals surface area contributed by atoms with Crippen LogP contribution in [-0.2, 0) is 42.9 Å². The van der Waals surface area contributed by atoms with Crippen LogP contribution in [-0.4, -0.2) is 78.1 Å². The third kappa shape index (κ3) is 19.1. The van der Waals surface area contributed by atoms with Crippen molar-refractivity contribution >= 4 is 74.4 Å². The summed E-state index contributed by atoms with van der Waals surface area (Å²) in [5.41, 5.74) is -1.25. The van der Waals surface area contributed by atoms with Crippen LogP contribution in [0.15, 0.2) is 0 Å². The molecule has 0 N–H and O–H groups in total. The van der Waals surface area contributed by atoms with Crippen LogP contribution in [0.4, 0.5) is 0 Å². The zero-order valence-electron chi connectivity index (χ0n) is 20.6. The molecular weight excluding hydrogens is 537 g/mol.